The van der Waals surface area contributed by atoms with Gasteiger partial charge in [0.05, 0.1) is 37.3 Å². The third kappa shape index (κ3) is 5.24. The van der Waals surface area contributed by atoms with E-state index in [0.29, 0.717) is 31.5 Å². The Labute approximate surface area is 181 Å². The predicted molar refractivity (Wildman–Crippen MR) is 118 cm³/mol. The lowest BCUT2D eigenvalue weighted by atomic mass is 10.1. The van der Waals surface area contributed by atoms with Gasteiger partial charge in [0.15, 0.2) is 0 Å². The Hall–Kier alpha value is -3.33. The van der Waals surface area contributed by atoms with Gasteiger partial charge in [-0.05, 0) is 24.0 Å². The van der Waals surface area contributed by atoms with E-state index in [1.54, 1.807) is 0 Å². The third-order valence-corrected chi connectivity index (χ3v) is 5.62. The van der Waals surface area contributed by atoms with E-state index in [2.05, 4.69) is 39.7 Å². The van der Waals surface area contributed by atoms with Crippen molar-refractivity contribution in [2.45, 2.75) is 38.3 Å². The first-order valence-corrected chi connectivity index (χ1v) is 10.5. The number of ether oxygens (including phenoxy) is 1. The number of nitrogens with two attached hydrogens (primary N) is 1. The number of nitrogens with zero attached hydrogens (tertiary/aromatic N) is 4. The molecule has 1 aliphatic carbocycles. The summed E-state index contributed by atoms with van der Waals surface area (Å²) in [5.74, 6) is 5.67. The number of hydrazone groups is 1. The van der Waals surface area contributed by atoms with E-state index in [-0.39, 0.29) is 31.3 Å². The molecule has 1 amide bonds. The molecule has 0 unspecified atom stereocenters. The summed E-state index contributed by atoms with van der Waals surface area (Å²) in [5, 5.41) is 14.2. The van der Waals surface area contributed by atoms with E-state index < -0.39 is 0 Å². The van der Waals surface area contributed by atoms with Crippen LogP contribution >= 0.6 is 0 Å². The maximum absolute atomic E-state index is 12.5. The lowest BCUT2D eigenvalue weighted by Crippen LogP contribution is -2.37. The molecule has 0 radical (unpaired) electrons. The zero-order valence-corrected chi connectivity index (χ0v) is 17.4. The molecule has 0 fully saturated rings. The van der Waals surface area contributed by atoms with Gasteiger partial charge in [0, 0.05) is 37.3 Å². The SMILES string of the molecule is N=C(C=NN)COCCC(=O)N1CCc2nc(NC3Cc4ccccc4C3)ncc2C1. The maximum Gasteiger partial charge on any atom is 0.225 e. The molecule has 4 rings (SSSR count). The van der Waals surface area contributed by atoms with E-state index in [1.807, 2.05) is 11.1 Å². The number of carbonyl (C=O) groups excluding carboxylic acids is 1. The van der Waals surface area contributed by atoms with Gasteiger partial charge in [0.2, 0.25) is 11.9 Å². The maximum atomic E-state index is 12.5. The summed E-state index contributed by atoms with van der Waals surface area (Å²) in [6.07, 6.45) is 6.00. The van der Waals surface area contributed by atoms with E-state index in [4.69, 9.17) is 21.0 Å². The second-order valence-electron chi connectivity index (χ2n) is 7.86. The highest BCUT2D eigenvalue weighted by atomic mass is 16.5. The smallest absolute Gasteiger partial charge is 0.225 e. The van der Waals surface area contributed by atoms with Crippen LogP contribution < -0.4 is 11.2 Å². The number of nitrogens with one attached hydrogen (secondary N) is 2. The molecule has 0 spiro atoms. The summed E-state index contributed by atoms with van der Waals surface area (Å²) in [7, 11) is 0. The van der Waals surface area contributed by atoms with Crippen molar-refractivity contribution in [1.82, 2.24) is 14.9 Å². The van der Waals surface area contributed by atoms with Crippen LogP contribution in [0.5, 0.6) is 0 Å². The van der Waals surface area contributed by atoms with Gasteiger partial charge in [0.1, 0.15) is 0 Å². The van der Waals surface area contributed by atoms with Gasteiger partial charge in [-0.1, -0.05) is 24.3 Å². The number of benzene rings is 1. The number of fused-ring (bicyclic) bond motifs is 2. The molecule has 1 aliphatic heterocycles. The molecule has 162 valence electrons. The quantitative estimate of drug-likeness (QED) is 0.255. The minimum atomic E-state index is 0.0237. The average Bonchev–Trinajstić information content (AvgIpc) is 3.18. The monoisotopic (exact) mass is 421 g/mol. The van der Waals surface area contributed by atoms with Crippen LogP contribution in [-0.2, 0) is 35.3 Å². The number of hydrogen-bond donors (Lipinski definition) is 3. The van der Waals surface area contributed by atoms with Crippen molar-refractivity contribution in [2.24, 2.45) is 10.9 Å². The molecular weight excluding hydrogens is 394 g/mol. The van der Waals surface area contributed by atoms with Gasteiger partial charge in [-0.15, -0.1) is 0 Å². The summed E-state index contributed by atoms with van der Waals surface area (Å²) in [4.78, 5) is 23.5. The van der Waals surface area contributed by atoms with Gasteiger partial charge in [-0.2, -0.15) is 5.10 Å². The summed E-state index contributed by atoms with van der Waals surface area (Å²) >= 11 is 0. The number of carbonyl (C=O) groups is 1. The number of hydrogen-bond acceptors (Lipinski definition) is 8. The molecule has 2 aromatic rings. The molecule has 0 bridgehead atoms. The van der Waals surface area contributed by atoms with Crippen LogP contribution in [0.25, 0.3) is 0 Å². The number of rotatable bonds is 8. The second-order valence-corrected chi connectivity index (χ2v) is 7.86. The summed E-state index contributed by atoms with van der Waals surface area (Å²) < 4.78 is 5.33. The number of aromatic nitrogens is 2. The van der Waals surface area contributed by atoms with Crippen molar-refractivity contribution in [3.8, 4) is 0 Å². The molecule has 4 N–H and O–H groups in total. The molecular formula is C22H27N7O2. The number of anilines is 1. The molecule has 0 saturated carbocycles. The number of amides is 1. The Morgan fingerprint density at radius 2 is 2.10 bits per heavy atom. The third-order valence-electron chi connectivity index (χ3n) is 5.62. The fourth-order valence-corrected chi connectivity index (χ4v) is 4.07. The molecule has 0 atom stereocenters. The zero-order valence-electron chi connectivity index (χ0n) is 17.4. The van der Waals surface area contributed by atoms with Gasteiger partial charge in [-0.3, -0.25) is 4.79 Å². The molecule has 0 saturated heterocycles. The highest BCUT2D eigenvalue weighted by molar-refractivity contribution is 6.29. The summed E-state index contributed by atoms with van der Waals surface area (Å²) in [6.45, 7) is 1.49. The van der Waals surface area contributed by atoms with Gasteiger partial charge >= 0.3 is 0 Å². The fourth-order valence-electron chi connectivity index (χ4n) is 4.07. The Morgan fingerprint density at radius 1 is 1.32 bits per heavy atom. The molecule has 2 aliphatic rings. The van der Waals surface area contributed by atoms with Crippen molar-refractivity contribution in [3.63, 3.8) is 0 Å². The minimum absolute atomic E-state index is 0.0237. The largest absolute Gasteiger partial charge is 0.375 e. The summed E-state index contributed by atoms with van der Waals surface area (Å²) in [6, 6.07) is 8.84. The predicted octanol–water partition coefficient (Wildman–Crippen LogP) is 1.31. The van der Waals surface area contributed by atoms with Crippen molar-refractivity contribution < 1.29 is 9.53 Å². The molecule has 1 aromatic heterocycles. The Morgan fingerprint density at radius 3 is 2.84 bits per heavy atom. The lowest BCUT2D eigenvalue weighted by molar-refractivity contribution is -0.133. The Bertz CT molecular complexity index is 967. The molecule has 2 heterocycles. The first-order chi connectivity index (χ1) is 15.1. The van der Waals surface area contributed by atoms with Crippen LogP contribution in [-0.4, -0.2) is 58.5 Å². The Balaban J connectivity index is 1.26. The van der Waals surface area contributed by atoms with E-state index >= 15 is 0 Å². The van der Waals surface area contributed by atoms with Crippen molar-refractivity contribution in [3.05, 3.63) is 52.8 Å². The topological polar surface area (TPSA) is 130 Å². The van der Waals surface area contributed by atoms with Gasteiger partial charge in [0.25, 0.3) is 0 Å². The highest BCUT2D eigenvalue weighted by Crippen LogP contribution is 2.24. The Kier molecular flexibility index (Phi) is 6.51. The van der Waals surface area contributed by atoms with E-state index in [9.17, 15) is 4.79 Å². The molecule has 31 heavy (non-hydrogen) atoms. The molecule has 1 aromatic carbocycles. The van der Waals surface area contributed by atoms with Crippen molar-refractivity contribution in [1.29, 1.82) is 5.41 Å². The van der Waals surface area contributed by atoms with Crippen LogP contribution in [0.15, 0.2) is 35.6 Å². The normalized spacial score (nSPS) is 15.7. The lowest BCUT2D eigenvalue weighted by Gasteiger charge is -2.28. The minimum Gasteiger partial charge on any atom is -0.375 e. The van der Waals surface area contributed by atoms with Crippen molar-refractivity contribution in [2.75, 3.05) is 25.1 Å². The average molecular weight is 422 g/mol. The van der Waals surface area contributed by atoms with E-state index in [0.717, 1.165) is 24.1 Å². The van der Waals surface area contributed by atoms with Crippen LogP contribution in [0.3, 0.4) is 0 Å². The fraction of sp³-hybridized carbons (Fsp3) is 0.409. The second kappa shape index (κ2) is 9.65. The zero-order chi connectivity index (χ0) is 21.6. The van der Waals surface area contributed by atoms with Crippen LogP contribution in [0.4, 0.5) is 5.95 Å². The van der Waals surface area contributed by atoms with Gasteiger partial charge in [-0.25, -0.2) is 9.97 Å². The highest BCUT2D eigenvalue weighted by Gasteiger charge is 2.24. The summed E-state index contributed by atoms with van der Waals surface area (Å²) in [5.41, 5.74) is 4.94. The first kappa shape index (κ1) is 20.9. The van der Waals surface area contributed by atoms with Gasteiger partial charge < -0.3 is 26.2 Å². The standard InChI is InChI=1S/C22H27N7O2/c23-18(12-26-24)14-31-8-6-21(30)29-7-5-20-17(13-29)11-25-22(28-20)27-19-9-15-3-1-2-4-16(15)10-19/h1-4,11-12,19,23H,5-10,13-14,24H2,(H,25,27,28). The van der Waals surface area contributed by atoms with Crippen LogP contribution in [0.1, 0.15) is 28.8 Å². The molecule has 9 nitrogen and oxygen atoms in total. The van der Waals surface area contributed by atoms with E-state index in [1.165, 1.54) is 17.3 Å². The van der Waals surface area contributed by atoms with Crippen LogP contribution in [0, 0.1) is 5.41 Å². The first-order valence-electron chi connectivity index (χ1n) is 10.5. The van der Waals surface area contributed by atoms with Crippen molar-refractivity contribution >= 4 is 23.8 Å². The van der Waals surface area contributed by atoms with Crippen LogP contribution in [0.2, 0.25) is 0 Å². The molecule has 9 heteroatoms.